The molecule has 0 saturated carbocycles. The van der Waals surface area contributed by atoms with Crippen LogP contribution in [-0.4, -0.2) is 52.8 Å². The molecule has 1 aromatic carbocycles. The number of carbonyl (C=O) groups is 1. The van der Waals surface area contributed by atoms with Crippen molar-refractivity contribution in [3.63, 3.8) is 0 Å². The Morgan fingerprint density at radius 2 is 1.84 bits per heavy atom. The highest BCUT2D eigenvalue weighted by molar-refractivity contribution is 9.11. The first-order chi connectivity index (χ1) is 14.7. The molecule has 0 unspecified atom stereocenters. The minimum atomic E-state index is -3.78. The Kier molecular flexibility index (Phi) is 8.94. The van der Waals surface area contributed by atoms with E-state index in [0.717, 1.165) is 11.1 Å². The molecular formula is C23H36BrNO5SSi. The number of sulfonamides is 1. The molecule has 0 aromatic heterocycles. The molecule has 0 radical (unpaired) electrons. The molecule has 1 aliphatic rings. The van der Waals surface area contributed by atoms with Gasteiger partial charge in [0.2, 0.25) is 10.0 Å². The van der Waals surface area contributed by atoms with Crippen LogP contribution in [-0.2, 0) is 24.0 Å². The maximum Gasteiger partial charge on any atom is 0.306 e. The van der Waals surface area contributed by atoms with Gasteiger partial charge in [-0.05, 0) is 54.7 Å². The summed E-state index contributed by atoms with van der Waals surface area (Å²) in [4.78, 5) is 14.3. The van der Waals surface area contributed by atoms with Crippen molar-refractivity contribution >= 4 is 40.2 Å². The lowest BCUT2D eigenvalue weighted by atomic mass is 9.94. The van der Waals surface area contributed by atoms with E-state index in [0.29, 0.717) is 0 Å². The summed E-state index contributed by atoms with van der Waals surface area (Å²) in [7, 11) is -5.91. The first-order valence-electron chi connectivity index (χ1n) is 10.9. The number of halogens is 1. The van der Waals surface area contributed by atoms with Crippen molar-refractivity contribution in [1.29, 1.82) is 0 Å². The van der Waals surface area contributed by atoms with Crippen molar-refractivity contribution in [3.05, 3.63) is 40.4 Å². The molecule has 1 heterocycles. The molecule has 32 heavy (non-hydrogen) atoms. The molecule has 2 atom stereocenters. The number of aryl methyl sites for hydroxylation is 1. The van der Waals surface area contributed by atoms with E-state index in [4.69, 9.17) is 9.16 Å². The number of esters is 1. The summed E-state index contributed by atoms with van der Waals surface area (Å²) in [6, 6.07) is 6.35. The van der Waals surface area contributed by atoms with Gasteiger partial charge in [-0.2, -0.15) is 4.31 Å². The summed E-state index contributed by atoms with van der Waals surface area (Å²) in [5.74, 6) is -0.658. The lowest BCUT2D eigenvalue weighted by Crippen LogP contribution is -2.47. The fourth-order valence-electron chi connectivity index (χ4n) is 3.46. The maximum atomic E-state index is 13.6. The fraction of sp³-hybridized carbons (Fsp3) is 0.609. The van der Waals surface area contributed by atoms with Gasteiger partial charge in [-0.25, -0.2) is 8.42 Å². The molecule has 9 heteroatoms. The topological polar surface area (TPSA) is 72.9 Å². The zero-order valence-electron chi connectivity index (χ0n) is 20.1. The van der Waals surface area contributed by atoms with Crippen LogP contribution in [0, 0.1) is 12.8 Å². The van der Waals surface area contributed by atoms with Crippen LogP contribution in [0.3, 0.4) is 0 Å². The zero-order valence-corrected chi connectivity index (χ0v) is 23.5. The number of hydrogen-bond donors (Lipinski definition) is 0. The summed E-state index contributed by atoms with van der Waals surface area (Å²) >= 11 is 3.39. The molecule has 2 rings (SSSR count). The SMILES string of the molecule is CCOC(=O)C[C@@H]1/C(=C\Br)CN(S(=O)(=O)c2ccc(C)cc2)[C@H]1CO[Si](C)(C)C(C)(C)C. The molecule has 0 aliphatic carbocycles. The molecule has 0 spiro atoms. The van der Waals surface area contributed by atoms with Gasteiger partial charge in [0, 0.05) is 12.5 Å². The van der Waals surface area contributed by atoms with Crippen LogP contribution in [0.25, 0.3) is 0 Å². The molecular weight excluding hydrogens is 510 g/mol. The third-order valence-corrected chi connectivity index (χ3v) is 13.5. The number of rotatable bonds is 8. The fourth-order valence-corrected chi connectivity index (χ4v) is 6.60. The number of carbonyl (C=O) groups excluding carboxylic acids is 1. The Hall–Kier alpha value is -1.00. The highest BCUT2D eigenvalue weighted by Gasteiger charge is 2.47. The standard InChI is InChI=1S/C23H36BrNO5SSi/c1-8-29-22(26)13-20-18(14-24)15-25(21(20)16-30-32(6,7)23(3,4)5)31(27,28)19-11-9-17(2)10-12-19/h9-12,14,20-21H,8,13,15-16H2,1-7H3/b18-14-/t20-,21+/m1/s1. The lowest BCUT2D eigenvalue weighted by molar-refractivity contribution is -0.144. The van der Waals surface area contributed by atoms with Crippen molar-refractivity contribution in [3.8, 4) is 0 Å². The summed E-state index contributed by atoms with van der Waals surface area (Å²) in [6.45, 7) is 15.1. The Morgan fingerprint density at radius 1 is 1.25 bits per heavy atom. The predicted octanol–water partition coefficient (Wildman–Crippen LogP) is 5.24. The first-order valence-corrected chi connectivity index (χ1v) is 16.2. The van der Waals surface area contributed by atoms with E-state index >= 15 is 0 Å². The van der Waals surface area contributed by atoms with Crippen LogP contribution in [0.1, 0.15) is 39.7 Å². The average molecular weight is 547 g/mol. The van der Waals surface area contributed by atoms with Crippen molar-refractivity contribution in [2.45, 2.75) is 70.1 Å². The van der Waals surface area contributed by atoms with Crippen LogP contribution in [0.15, 0.2) is 39.7 Å². The van der Waals surface area contributed by atoms with Gasteiger partial charge in [-0.1, -0.05) is 54.4 Å². The number of ether oxygens (including phenoxy) is 1. The monoisotopic (exact) mass is 545 g/mol. The van der Waals surface area contributed by atoms with Crippen LogP contribution < -0.4 is 0 Å². The Balaban J connectivity index is 2.45. The summed E-state index contributed by atoms with van der Waals surface area (Å²) < 4.78 is 40.4. The van der Waals surface area contributed by atoms with Crippen molar-refractivity contribution in [1.82, 2.24) is 4.31 Å². The lowest BCUT2D eigenvalue weighted by Gasteiger charge is -2.38. The molecule has 1 aromatic rings. The molecule has 6 nitrogen and oxygen atoms in total. The zero-order chi connectivity index (χ0) is 24.3. The van der Waals surface area contributed by atoms with Gasteiger partial charge in [-0.3, -0.25) is 4.79 Å². The summed E-state index contributed by atoms with van der Waals surface area (Å²) in [5, 5.41) is -0.0169. The third-order valence-electron chi connectivity index (χ3n) is 6.53. The van der Waals surface area contributed by atoms with Crippen molar-refractivity contribution in [2.75, 3.05) is 19.8 Å². The number of nitrogens with zero attached hydrogens (tertiary/aromatic N) is 1. The molecule has 0 amide bonds. The van der Waals surface area contributed by atoms with Crippen LogP contribution >= 0.6 is 15.9 Å². The molecule has 0 N–H and O–H groups in total. The minimum Gasteiger partial charge on any atom is -0.466 e. The second kappa shape index (κ2) is 10.5. The van der Waals surface area contributed by atoms with Gasteiger partial charge in [0.25, 0.3) is 0 Å². The van der Waals surface area contributed by atoms with Gasteiger partial charge in [-0.15, -0.1) is 0 Å². The number of hydrogen-bond acceptors (Lipinski definition) is 5. The quantitative estimate of drug-likeness (QED) is 0.330. The van der Waals surface area contributed by atoms with E-state index in [2.05, 4.69) is 49.8 Å². The maximum absolute atomic E-state index is 13.6. The number of benzene rings is 1. The van der Waals surface area contributed by atoms with Gasteiger partial charge in [0.05, 0.1) is 30.6 Å². The highest BCUT2D eigenvalue weighted by Crippen LogP contribution is 2.40. The van der Waals surface area contributed by atoms with Gasteiger partial charge >= 0.3 is 5.97 Å². The molecule has 1 fully saturated rings. The van der Waals surface area contributed by atoms with Crippen molar-refractivity contribution in [2.24, 2.45) is 5.92 Å². The normalized spacial score (nSPS) is 21.8. The Labute approximate surface area is 202 Å². The Morgan fingerprint density at radius 3 is 2.34 bits per heavy atom. The molecule has 1 aliphatic heterocycles. The molecule has 1 saturated heterocycles. The van der Waals surface area contributed by atoms with Gasteiger partial charge in [0.15, 0.2) is 8.32 Å². The summed E-state index contributed by atoms with van der Waals surface area (Å²) in [5.41, 5.74) is 1.84. The van der Waals surface area contributed by atoms with E-state index in [1.54, 1.807) is 36.2 Å². The van der Waals surface area contributed by atoms with E-state index in [1.807, 2.05) is 6.92 Å². The van der Waals surface area contributed by atoms with E-state index in [-0.39, 0.29) is 48.0 Å². The smallest absolute Gasteiger partial charge is 0.306 e. The first kappa shape index (κ1) is 27.2. The largest absolute Gasteiger partial charge is 0.466 e. The van der Waals surface area contributed by atoms with Crippen LogP contribution in [0.5, 0.6) is 0 Å². The van der Waals surface area contributed by atoms with Crippen molar-refractivity contribution < 1.29 is 22.4 Å². The van der Waals surface area contributed by atoms with E-state index in [9.17, 15) is 13.2 Å². The second-order valence-corrected chi connectivity index (χ2v) is 17.0. The highest BCUT2D eigenvalue weighted by atomic mass is 79.9. The van der Waals surface area contributed by atoms with E-state index in [1.165, 1.54) is 4.31 Å². The van der Waals surface area contributed by atoms with Crippen LogP contribution in [0.2, 0.25) is 18.1 Å². The Bertz CT molecular complexity index is 938. The predicted molar refractivity (Wildman–Crippen MR) is 134 cm³/mol. The summed E-state index contributed by atoms with van der Waals surface area (Å²) in [6.07, 6.45) is 0.108. The van der Waals surface area contributed by atoms with Gasteiger partial charge in [0.1, 0.15) is 0 Å². The minimum absolute atomic E-state index is 0.0169. The molecule has 0 bridgehead atoms. The molecule has 180 valence electrons. The average Bonchev–Trinajstić information content (AvgIpc) is 3.04. The second-order valence-electron chi connectivity index (χ2n) is 9.80. The third kappa shape index (κ3) is 6.11. The van der Waals surface area contributed by atoms with Gasteiger partial charge < -0.3 is 9.16 Å². The van der Waals surface area contributed by atoms with Crippen LogP contribution in [0.4, 0.5) is 0 Å². The van der Waals surface area contributed by atoms with E-state index < -0.39 is 24.4 Å².